The highest BCUT2D eigenvalue weighted by Gasteiger charge is 2.08. The molecule has 0 bridgehead atoms. The fourth-order valence-corrected chi connectivity index (χ4v) is 2.36. The first-order valence-corrected chi connectivity index (χ1v) is 7.85. The number of hydrogen-bond acceptors (Lipinski definition) is 2. The van der Waals surface area contributed by atoms with E-state index in [1.54, 1.807) is 12.1 Å². The fourth-order valence-electron chi connectivity index (χ4n) is 2.07. The molecule has 22 heavy (non-hydrogen) atoms. The van der Waals surface area contributed by atoms with Gasteiger partial charge in [-0.2, -0.15) is 0 Å². The lowest BCUT2D eigenvalue weighted by Crippen LogP contribution is -2.28. The van der Waals surface area contributed by atoms with Gasteiger partial charge in [0, 0.05) is 18.7 Å². The summed E-state index contributed by atoms with van der Waals surface area (Å²) in [5, 5.41) is 7.14. The molecule has 116 valence electrons. The molecule has 5 heteroatoms. The maximum absolute atomic E-state index is 11.9. The van der Waals surface area contributed by atoms with Gasteiger partial charge >= 0.3 is 0 Å². The first-order valence-electron chi connectivity index (χ1n) is 7.09. The van der Waals surface area contributed by atoms with Crippen molar-refractivity contribution in [3.8, 4) is 0 Å². The summed E-state index contributed by atoms with van der Waals surface area (Å²) in [5.41, 5.74) is 1.94. The lowest BCUT2D eigenvalue weighted by molar-refractivity contribution is -0.121. The van der Waals surface area contributed by atoms with Gasteiger partial charge in [0.1, 0.15) is 0 Å². The zero-order valence-corrected chi connectivity index (χ0v) is 13.8. The summed E-state index contributed by atoms with van der Waals surface area (Å²) in [6.07, 6.45) is 0.386. The molecule has 1 amide bonds. The van der Waals surface area contributed by atoms with E-state index < -0.39 is 0 Å². The monoisotopic (exact) mass is 336 g/mol. The van der Waals surface area contributed by atoms with Crippen molar-refractivity contribution in [2.45, 2.75) is 19.4 Å². The van der Waals surface area contributed by atoms with Gasteiger partial charge in [-0.15, -0.1) is 0 Å². The maximum Gasteiger partial charge on any atom is 0.222 e. The van der Waals surface area contributed by atoms with Gasteiger partial charge < -0.3 is 10.6 Å². The number of halogens is 2. The molecule has 2 N–H and O–H groups in total. The Kier molecular flexibility index (Phi) is 6.10. The Morgan fingerprint density at radius 2 is 1.82 bits per heavy atom. The quantitative estimate of drug-likeness (QED) is 0.804. The Balaban J connectivity index is 1.77. The summed E-state index contributed by atoms with van der Waals surface area (Å²) in [5.74, 6) is 0.00362. The zero-order chi connectivity index (χ0) is 15.9. The largest absolute Gasteiger partial charge is 0.384 e. The minimum Gasteiger partial charge on any atom is -0.384 e. The molecular weight excluding hydrogens is 319 g/mol. The zero-order valence-electron chi connectivity index (χ0n) is 12.3. The summed E-state index contributed by atoms with van der Waals surface area (Å²) in [7, 11) is 0. The van der Waals surface area contributed by atoms with Gasteiger partial charge in [-0.25, -0.2) is 0 Å². The Labute approximate surface area is 140 Å². The van der Waals surface area contributed by atoms with Crippen LogP contribution in [0, 0.1) is 0 Å². The van der Waals surface area contributed by atoms with Gasteiger partial charge in [0.2, 0.25) is 5.91 Å². The molecule has 0 fully saturated rings. The second-order valence-corrected chi connectivity index (χ2v) is 5.82. The van der Waals surface area contributed by atoms with Crippen LogP contribution in [-0.4, -0.2) is 12.5 Å². The molecule has 0 aliphatic carbocycles. The van der Waals surface area contributed by atoms with E-state index in [1.807, 2.05) is 43.3 Å². The third-order valence-corrected chi connectivity index (χ3v) is 4.02. The van der Waals surface area contributed by atoms with E-state index in [2.05, 4.69) is 10.6 Å². The molecule has 0 saturated carbocycles. The number of hydrogen-bond donors (Lipinski definition) is 2. The number of carbonyl (C=O) groups excluding carboxylic acids is 1. The number of anilines is 1. The van der Waals surface area contributed by atoms with E-state index in [0.717, 1.165) is 11.3 Å². The average molecular weight is 337 g/mol. The first kappa shape index (κ1) is 16.7. The van der Waals surface area contributed by atoms with Crippen molar-refractivity contribution in [2.24, 2.45) is 0 Å². The number of benzene rings is 2. The third-order valence-electron chi connectivity index (χ3n) is 3.28. The Hall–Kier alpha value is -1.71. The van der Waals surface area contributed by atoms with Crippen molar-refractivity contribution in [3.05, 3.63) is 64.1 Å². The van der Waals surface area contributed by atoms with Crippen LogP contribution in [0.5, 0.6) is 0 Å². The van der Waals surface area contributed by atoms with Gasteiger partial charge in [0.15, 0.2) is 0 Å². The standard InChI is InChI=1S/C17H18Cl2N2O/c1-12(13-5-3-2-4-6-13)21-17(22)9-10-20-14-7-8-15(18)16(19)11-14/h2-8,11-12,20H,9-10H2,1H3,(H,21,22). The highest BCUT2D eigenvalue weighted by atomic mass is 35.5. The van der Waals surface area contributed by atoms with Crippen molar-refractivity contribution in [3.63, 3.8) is 0 Å². The normalized spacial score (nSPS) is 11.8. The molecule has 0 aliphatic heterocycles. The predicted octanol–water partition coefficient (Wildman–Crippen LogP) is 4.67. The number of nitrogens with one attached hydrogen (secondary N) is 2. The Morgan fingerprint density at radius 1 is 1.09 bits per heavy atom. The molecule has 3 nitrogen and oxygen atoms in total. The highest BCUT2D eigenvalue weighted by molar-refractivity contribution is 6.42. The van der Waals surface area contributed by atoms with Crippen molar-refractivity contribution in [1.29, 1.82) is 0 Å². The Bertz CT molecular complexity index is 632. The fraction of sp³-hybridized carbons (Fsp3) is 0.235. The minimum absolute atomic E-state index is 0.00123. The van der Waals surface area contributed by atoms with Crippen LogP contribution in [0.15, 0.2) is 48.5 Å². The SMILES string of the molecule is CC(NC(=O)CCNc1ccc(Cl)c(Cl)c1)c1ccccc1. The van der Waals surface area contributed by atoms with Crippen LogP contribution in [0.4, 0.5) is 5.69 Å². The van der Waals surface area contributed by atoms with Gasteiger partial charge in [0.25, 0.3) is 0 Å². The molecule has 0 saturated heterocycles. The van der Waals surface area contributed by atoms with Crippen LogP contribution in [0.25, 0.3) is 0 Å². The van der Waals surface area contributed by atoms with Crippen molar-refractivity contribution < 1.29 is 4.79 Å². The van der Waals surface area contributed by atoms with E-state index >= 15 is 0 Å². The number of rotatable bonds is 6. The summed E-state index contributed by atoms with van der Waals surface area (Å²) < 4.78 is 0. The number of amides is 1. The summed E-state index contributed by atoms with van der Waals surface area (Å²) in [6, 6.07) is 15.2. The van der Waals surface area contributed by atoms with Crippen LogP contribution < -0.4 is 10.6 Å². The van der Waals surface area contributed by atoms with Gasteiger partial charge in [-0.3, -0.25) is 4.79 Å². The van der Waals surface area contributed by atoms with Crippen molar-refractivity contribution in [2.75, 3.05) is 11.9 Å². The summed E-state index contributed by atoms with van der Waals surface area (Å²) in [4.78, 5) is 11.9. The first-order chi connectivity index (χ1) is 10.6. The second-order valence-electron chi connectivity index (χ2n) is 5.01. The Morgan fingerprint density at radius 3 is 2.50 bits per heavy atom. The van der Waals surface area contributed by atoms with Crippen LogP contribution in [0.3, 0.4) is 0 Å². The summed E-state index contributed by atoms with van der Waals surface area (Å²) >= 11 is 11.8. The van der Waals surface area contributed by atoms with E-state index in [1.165, 1.54) is 0 Å². The van der Waals surface area contributed by atoms with Crippen LogP contribution in [0.1, 0.15) is 24.9 Å². The minimum atomic E-state index is -0.00123. The molecule has 0 aliphatic rings. The molecule has 2 rings (SSSR count). The molecule has 2 aromatic carbocycles. The van der Waals surface area contributed by atoms with E-state index in [9.17, 15) is 4.79 Å². The summed E-state index contributed by atoms with van der Waals surface area (Å²) in [6.45, 7) is 2.50. The maximum atomic E-state index is 11.9. The molecule has 0 aromatic heterocycles. The average Bonchev–Trinajstić information content (AvgIpc) is 2.51. The van der Waals surface area contributed by atoms with Crippen LogP contribution in [-0.2, 0) is 4.79 Å². The van der Waals surface area contributed by atoms with Crippen molar-refractivity contribution >= 4 is 34.8 Å². The van der Waals surface area contributed by atoms with Crippen LogP contribution in [0.2, 0.25) is 10.0 Å². The highest BCUT2D eigenvalue weighted by Crippen LogP contribution is 2.24. The molecule has 1 unspecified atom stereocenters. The smallest absolute Gasteiger partial charge is 0.222 e. The van der Waals surface area contributed by atoms with E-state index in [4.69, 9.17) is 23.2 Å². The van der Waals surface area contributed by atoms with E-state index in [0.29, 0.717) is 23.0 Å². The van der Waals surface area contributed by atoms with Crippen LogP contribution >= 0.6 is 23.2 Å². The topological polar surface area (TPSA) is 41.1 Å². The molecule has 2 aromatic rings. The van der Waals surface area contributed by atoms with Gasteiger partial charge in [-0.1, -0.05) is 53.5 Å². The van der Waals surface area contributed by atoms with Gasteiger partial charge in [0.05, 0.1) is 16.1 Å². The molecular formula is C17H18Cl2N2O. The molecule has 0 radical (unpaired) electrons. The van der Waals surface area contributed by atoms with Gasteiger partial charge in [-0.05, 0) is 30.7 Å². The third kappa shape index (κ3) is 4.93. The lowest BCUT2D eigenvalue weighted by atomic mass is 10.1. The molecule has 0 spiro atoms. The molecule has 1 atom stereocenters. The van der Waals surface area contributed by atoms with Crippen molar-refractivity contribution in [1.82, 2.24) is 5.32 Å². The molecule has 0 heterocycles. The predicted molar refractivity (Wildman–Crippen MR) is 92.6 cm³/mol. The number of carbonyl (C=O) groups is 1. The van der Waals surface area contributed by atoms with E-state index in [-0.39, 0.29) is 11.9 Å². The second kappa shape index (κ2) is 8.06. The lowest BCUT2D eigenvalue weighted by Gasteiger charge is -2.14.